The molecule has 0 aliphatic carbocycles. The Balaban J connectivity index is 3.54. The zero-order chi connectivity index (χ0) is 40.0. The number of rotatable bonds is 45. The Morgan fingerprint density at radius 2 is 0.709 bits per heavy atom. The standard InChI is InChI=1S/C51H97NO3/c1-3-5-7-9-11-13-15-17-19-21-23-24-25-26-27-28-29-31-33-35-37-39-41-43-45-47-51(55)52-49(48-53)50(54)46-44-42-40-38-36-34-32-30-22-20-18-16-14-12-10-8-6-4-2/h22,30,36,38,44,46,49-50,53-54H,3-21,23-29,31-35,37,39-43,45,47-48H2,1-2H3,(H,52,55)/b30-22+,38-36+,46-44+. The first-order chi connectivity index (χ1) is 27.2. The Morgan fingerprint density at radius 1 is 0.418 bits per heavy atom. The van der Waals surface area contributed by atoms with Crippen molar-refractivity contribution in [1.29, 1.82) is 0 Å². The minimum Gasteiger partial charge on any atom is -0.394 e. The van der Waals surface area contributed by atoms with Crippen molar-refractivity contribution in [2.75, 3.05) is 6.61 Å². The number of carbonyl (C=O) groups is 1. The predicted octanol–water partition coefficient (Wildman–Crippen LogP) is 15.7. The van der Waals surface area contributed by atoms with Gasteiger partial charge in [0.2, 0.25) is 5.91 Å². The molecule has 1 amide bonds. The van der Waals surface area contributed by atoms with Crippen molar-refractivity contribution in [1.82, 2.24) is 5.32 Å². The maximum atomic E-state index is 12.4. The van der Waals surface area contributed by atoms with Gasteiger partial charge >= 0.3 is 0 Å². The van der Waals surface area contributed by atoms with E-state index in [1.165, 1.54) is 205 Å². The third-order valence-electron chi connectivity index (χ3n) is 11.4. The van der Waals surface area contributed by atoms with E-state index in [-0.39, 0.29) is 12.5 Å². The summed E-state index contributed by atoms with van der Waals surface area (Å²) in [6, 6.07) is -0.643. The number of hydrogen-bond acceptors (Lipinski definition) is 3. The van der Waals surface area contributed by atoms with Crippen LogP contribution in [0.5, 0.6) is 0 Å². The highest BCUT2D eigenvalue weighted by molar-refractivity contribution is 5.76. The maximum Gasteiger partial charge on any atom is 0.220 e. The van der Waals surface area contributed by atoms with E-state index in [0.717, 1.165) is 38.5 Å². The van der Waals surface area contributed by atoms with Gasteiger partial charge in [-0.1, -0.05) is 249 Å². The second-order valence-corrected chi connectivity index (χ2v) is 16.9. The molecule has 0 aliphatic heterocycles. The summed E-state index contributed by atoms with van der Waals surface area (Å²) in [6.07, 6.45) is 62.8. The summed E-state index contributed by atoms with van der Waals surface area (Å²) in [7, 11) is 0. The van der Waals surface area contributed by atoms with Crippen molar-refractivity contribution >= 4 is 5.91 Å². The van der Waals surface area contributed by atoms with Crippen LogP contribution in [0, 0.1) is 0 Å². The van der Waals surface area contributed by atoms with Gasteiger partial charge in [0.25, 0.3) is 0 Å². The van der Waals surface area contributed by atoms with Crippen molar-refractivity contribution in [2.45, 2.75) is 276 Å². The van der Waals surface area contributed by atoms with E-state index in [4.69, 9.17) is 0 Å². The first-order valence-corrected chi connectivity index (χ1v) is 24.7. The molecule has 0 aromatic heterocycles. The Morgan fingerprint density at radius 3 is 1.05 bits per heavy atom. The fraction of sp³-hybridized carbons (Fsp3) is 0.863. The molecule has 0 fully saturated rings. The van der Waals surface area contributed by atoms with Gasteiger partial charge in [-0.05, 0) is 44.9 Å². The Labute approximate surface area is 344 Å². The van der Waals surface area contributed by atoms with Crippen LogP contribution < -0.4 is 5.32 Å². The Bertz CT molecular complexity index is 836. The van der Waals surface area contributed by atoms with Crippen LogP contribution in [0.25, 0.3) is 0 Å². The molecule has 324 valence electrons. The third-order valence-corrected chi connectivity index (χ3v) is 11.4. The zero-order valence-electron chi connectivity index (χ0n) is 37.2. The number of hydrogen-bond donors (Lipinski definition) is 3. The number of amides is 1. The van der Waals surface area contributed by atoms with Crippen LogP contribution in [-0.4, -0.2) is 34.9 Å². The van der Waals surface area contributed by atoms with Crippen LogP contribution in [0.2, 0.25) is 0 Å². The molecule has 0 radical (unpaired) electrons. The molecule has 0 saturated heterocycles. The number of nitrogens with one attached hydrogen (secondary N) is 1. The van der Waals surface area contributed by atoms with E-state index in [0.29, 0.717) is 6.42 Å². The molecule has 4 heteroatoms. The van der Waals surface area contributed by atoms with Crippen LogP contribution >= 0.6 is 0 Å². The van der Waals surface area contributed by atoms with Crippen molar-refractivity contribution in [3.63, 3.8) is 0 Å². The molecule has 0 rings (SSSR count). The summed E-state index contributed by atoms with van der Waals surface area (Å²) >= 11 is 0. The van der Waals surface area contributed by atoms with Gasteiger partial charge < -0.3 is 15.5 Å². The number of allylic oxidation sites excluding steroid dienone is 5. The molecule has 0 spiro atoms. The molecule has 0 saturated carbocycles. The molecule has 2 atom stereocenters. The maximum absolute atomic E-state index is 12.4. The Kier molecular flexibility index (Phi) is 45.8. The molecular formula is C51H97NO3. The van der Waals surface area contributed by atoms with E-state index < -0.39 is 12.1 Å². The first kappa shape index (κ1) is 53.6. The third kappa shape index (κ3) is 43.6. The average molecular weight is 772 g/mol. The SMILES string of the molecule is CCCCCCCCCC/C=C/CC/C=C/CC/C=C/C(O)C(CO)NC(=O)CCCCCCCCCCCCCCCCCCCCCCCCCCC. The van der Waals surface area contributed by atoms with Gasteiger partial charge in [0.05, 0.1) is 18.8 Å². The van der Waals surface area contributed by atoms with Gasteiger partial charge in [-0.3, -0.25) is 4.79 Å². The molecule has 55 heavy (non-hydrogen) atoms. The van der Waals surface area contributed by atoms with Crippen LogP contribution in [0.1, 0.15) is 264 Å². The fourth-order valence-electron chi connectivity index (χ4n) is 7.56. The van der Waals surface area contributed by atoms with Gasteiger partial charge in [-0.25, -0.2) is 0 Å². The van der Waals surface area contributed by atoms with Gasteiger partial charge in [-0.2, -0.15) is 0 Å². The van der Waals surface area contributed by atoms with E-state index in [1.807, 2.05) is 6.08 Å². The second-order valence-electron chi connectivity index (χ2n) is 16.9. The largest absolute Gasteiger partial charge is 0.394 e. The van der Waals surface area contributed by atoms with Crippen LogP contribution in [0.15, 0.2) is 36.5 Å². The summed E-state index contributed by atoms with van der Waals surface area (Å²) in [5, 5.41) is 23.0. The molecule has 3 N–H and O–H groups in total. The summed E-state index contributed by atoms with van der Waals surface area (Å²) in [6.45, 7) is 4.31. The topological polar surface area (TPSA) is 69.6 Å². The smallest absolute Gasteiger partial charge is 0.220 e. The fourth-order valence-corrected chi connectivity index (χ4v) is 7.56. The quantitative estimate of drug-likeness (QED) is 0.0426. The molecule has 0 bridgehead atoms. The number of unbranched alkanes of at least 4 members (excludes halogenated alkanes) is 34. The highest BCUT2D eigenvalue weighted by Gasteiger charge is 2.17. The summed E-state index contributed by atoms with van der Waals surface area (Å²) in [5.41, 5.74) is 0. The number of aliphatic hydroxyl groups is 2. The average Bonchev–Trinajstić information content (AvgIpc) is 3.19. The van der Waals surface area contributed by atoms with Gasteiger partial charge in [0.15, 0.2) is 0 Å². The molecular weight excluding hydrogens is 675 g/mol. The lowest BCUT2D eigenvalue weighted by molar-refractivity contribution is -0.123. The van der Waals surface area contributed by atoms with Gasteiger partial charge in [-0.15, -0.1) is 0 Å². The predicted molar refractivity (Wildman–Crippen MR) is 244 cm³/mol. The highest BCUT2D eigenvalue weighted by atomic mass is 16.3. The number of carbonyl (C=O) groups excluding carboxylic acids is 1. The van der Waals surface area contributed by atoms with E-state index in [2.05, 4.69) is 43.5 Å². The lowest BCUT2D eigenvalue weighted by Gasteiger charge is -2.19. The monoisotopic (exact) mass is 772 g/mol. The molecule has 0 aromatic rings. The molecule has 2 unspecified atom stereocenters. The van der Waals surface area contributed by atoms with Crippen molar-refractivity contribution in [3.8, 4) is 0 Å². The number of aliphatic hydroxyl groups excluding tert-OH is 2. The minimum absolute atomic E-state index is 0.0737. The molecule has 0 heterocycles. The molecule has 0 aromatic carbocycles. The molecule has 4 nitrogen and oxygen atoms in total. The van der Waals surface area contributed by atoms with Crippen molar-refractivity contribution in [3.05, 3.63) is 36.5 Å². The van der Waals surface area contributed by atoms with E-state index in [9.17, 15) is 15.0 Å². The summed E-state index contributed by atoms with van der Waals surface area (Å²) < 4.78 is 0. The van der Waals surface area contributed by atoms with Crippen LogP contribution in [0.4, 0.5) is 0 Å². The van der Waals surface area contributed by atoms with Gasteiger partial charge in [0, 0.05) is 6.42 Å². The van der Waals surface area contributed by atoms with Crippen molar-refractivity contribution < 1.29 is 15.0 Å². The Hall–Kier alpha value is -1.39. The van der Waals surface area contributed by atoms with Crippen LogP contribution in [-0.2, 0) is 4.79 Å². The van der Waals surface area contributed by atoms with E-state index >= 15 is 0 Å². The molecule has 0 aliphatic rings. The summed E-state index contributed by atoms with van der Waals surface area (Å²) in [4.78, 5) is 12.4. The normalized spacial score (nSPS) is 13.2. The lowest BCUT2D eigenvalue weighted by Crippen LogP contribution is -2.45. The second kappa shape index (κ2) is 47.0. The first-order valence-electron chi connectivity index (χ1n) is 24.7. The van der Waals surface area contributed by atoms with Gasteiger partial charge in [0.1, 0.15) is 0 Å². The van der Waals surface area contributed by atoms with E-state index in [1.54, 1.807) is 6.08 Å². The zero-order valence-corrected chi connectivity index (χ0v) is 37.2. The minimum atomic E-state index is -0.867. The highest BCUT2D eigenvalue weighted by Crippen LogP contribution is 2.16. The summed E-state index contributed by atoms with van der Waals surface area (Å²) in [5.74, 6) is -0.0737. The van der Waals surface area contributed by atoms with Crippen LogP contribution in [0.3, 0.4) is 0 Å². The lowest BCUT2D eigenvalue weighted by atomic mass is 10.0. The van der Waals surface area contributed by atoms with Crippen molar-refractivity contribution in [2.24, 2.45) is 0 Å².